The molecule has 0 amide bonds. The first-order valence-corrected chi connectivity index (χ1v) is 7.40. The molecule has 19 heavy (non-hydrogen) atoms. The number of likely N-dealkylation sites (tertiary alicyclic amines) is 1. The molecular weight excluding hydrogens is 262 g/mol. The van der Waals surface area contributed by atoms with Gasteiger partial charge in [-0.1, -0.05) is 17.7 Å². The summed E-state index contributed by atoms with van der Waals surface area (Å²) in [5, 5.41) is 0.730. The molecule has 0 bridgehead atoms. The third-order valence-electron chi connectivity index (χ3n) is 3.79. The predicted molar refractivity (Wildman–Crippen MR) is 75.9 cm³/mol. The third-order valence-corrected chi connectivity index (χ3v) is 4.03. The summed E-state index contributed by atoms with van der Waals surface area (Å²) in [6.07, 6.45) is 2.82. The Morgan fingerprint density at radius 1 is 1.37 bits per heavy atom. The van der Waals surface area contributed by atoms with Gasteiger partial charge in [0.05, 0.1) is 6.61 Å². The topological polar surface area (TPSA) is 21.7 Å². The van der Waals surface area contributed by atoms with Crippen LogP contribution in [0, 0.1) is 5.92 Å². The third kappa shape index (κ3) is 3.62. The molecule has 4 heteroatoms. The number of ether oxygens (including phenoxy) is 2. The van der Waals surface area contributed by atoms with E-state index in [1.807, 2.05) is 24.3 Å². The molecule has 3 rings (SSSR count). The van der Waals surface area contributed by atoms with Crippen molar-refractivity contribution in [2.24, 2.45) is 5.92 Å². The molecule has 2 saturated heterocycles. The Bertz CT molecular complexity index is 414. The molecule has 2 aliphatic heterocycles. The van der Waals surface area contributed by atoms with Gasteiger partial charge in [0, 0.05) is 31.3 Å². The molecule has 0 aromatic heterocycles. The van der Waals surface area contributed by atoms with E-state index in [0.717, 1.165) is 43.6 Å². The zero-order valence-electron chi connectivity index (χ0n) is 11.1. The maximum Gasteiger partial charge on any atom is 0.124 e. The van der Waals surface area contributed by atoms with E-state index < -0.39 is 0 Å². The van der Waals surface area contributed by atoms with Crippen molar-refractivity contribution in [2.45, 2.75) is 18.9 Å². The highest BCUT2D eigenvalue weighted by Gasteiger charge is 2.30. The van der Waals surface area contributed by atoms with Crippen LogP contribution in [0.3, 0.4) is 0 Å². The van der Waals surface area contributed by atoms with Gasteiger partial charge in [-0.25, -0.2) is 0 Å². The van der Waals surface area contributed by atoms with Crippen molar-refractivity contribution in [3.05, 3.63) is 29.3 Å². The van der Waals surface area contributed by atoms with Crippen LogP contribution < -0.4 is 4.74 Å². The lowest BCUT2D eigenvalue weighted by Gasteiger charge is -2.41. The van der Waals surface area contributed by atoms with Gasteiger partial charge < -0.3 is 9.47 Å². The van der Waals surface area contributed by atoms with Gasteiger partial charge in [-0.05, 0) is 37.0 Å². The lowest BCUT2D eigenvalue weighted by atomic mass is 9.99. The summed E-state index contributed by atoms with van der Waals surface area (Å²) in [5.41, 5.74) is 0. The quantitative estimate of drug-likeness (QED) is 0.847. The zero-order chi connectivity index (χ0) is 13.1. The SMILES string of the molecule is Clc1cccc(OC2CN(C[C@H]3CCCOC3)C2)c1. The average molecular weight is 282 g/mol. The van der Waals surface area contributed by atoms with Gasteiger partial charge in [0.25, 0.3) is 0 Å². The number of nitrogens with zero attached hydrogens (tertiary/aromatic N) is 1. The smallest absolute Gasteiger partial charge is 0.124 e. The molecular formula is C15H20ClNO2. The van der Waals surface area contributed by atoms with Crippen molar-refractivity contribution >= 4 is 11.6 Å². The van der Waals surface area contributed by atoms with Crippen LogP contribution in [0.15, 0.2) is 24.3 Å². The van der Waals surface area contributed by atoms with Crippen LogP contribution in [-0.2, 0) is 4.74 Å². The molecule has 3 nitrogen and oxygen atoms in total. The van der Waals surface area contributed by atoms with E-state index in [4.69, 9.17) is 21.1 Å². The second-order valence-electron chi connectivity index (χ2n) is 5.50. The fraction of sp³-hybridized carbons (Fsp3) is 0.600. The van der Waals surface area contributed by atoms with E-state index >= 15 is 0 Å². The Hall–Kier alpha value is -0.770. The fourth-order valence-corrected chi connectivity index (χ4v) is 2.98. The van der Waals surface area contributed by atoms with Crippen molar-refractivity contribution in [1.82, 2.24) is 4.90 Å². The van der Waals surface area contributed by atoms with Gasteiger partial charge in [0.15, 0.2) is 0 Å². The van der Waals surface area contributed by atoms with Gasteiger partial charge in [0.2, 0.25) is 0 Å². The van der Waals surface area contributed by atoms with Crippen LogP contribution >= 0.6 is 11.6 Å². The maximum atomic E-state index is 5.94. The van der Waals surface area contributed by atoms with Gasteiger partial charge >= 0.3 is 0 Å². The van der Waals surface area contributed by atoms with Crippen molar-refractivity contribution < 1.29 is 9.47 Å². The van der Waals surface area contributed by atoms with Crippen LogP contribution in [0.5, 0.6) is 5.75 Å². The van der Waals surface area contributed by atoms with E-state index in [1.54, 1.807) is 0 Å². The Kier molecular flexibility index (Phi) is 4.26. The summed E-state index contributed by atoms with van der Waals surface area (Å²) < 4.78 is 11.4. The zero-order valence-corrected chi connectivity index (χ0v) is 11.8. The summed E-state index contributed by atoms with van der Waals surface area (Å²) in [6, 6.07) is 7.63. The normalized spacial score (nSPS) is 25.0. The molecule has 0 N–H and O–H groups in total. The fourth-order valence-electron chi connectivity index (χ4n) is 2.80. The molecule has 1 aromatic rings. The van der Waals surface area contributed by atoms with Crippen LogP contribution in [0.25, 0.3) is 0 Å². The van der Waals surface area contributed by atoms with Crippen molar-refractivity contribution in [3.8, 4) is 5.75 Å². The van der Waals surface area contributed by atoms with Gasteiger partial charge in [0.1, 0.15) is 11.9 Å². The first kappa shape index (κ1) is 13.2. The highest BCUT2D eigenvalue weighted by atomic mass is 35.5. The highest BCUT2D eigenvalue weighted by molar-refractivity contribution is 6.30. The second kappa shape index (κ2) is 6.12. The Morgan fingerprint density at radius 2 is 2.26 bits per heavy atom. The molecule has 0 radical (unpaired) electrons. The predicted octanol–water partition coefficient (Wildman–Crippen LogP) is 2.83. The minimum absolute atomic E-state index is 0.308. The van der Waals surface area contributed by atoms with E-state index in [-0.39, 0.29) is 0 Å². The van der Waals surface area contributed by atoms with Crippen molar-refractivity contribution in [2.75, 3.05) is 32.8 Å². The monoisotopic (exact) mass is 281 g/mol. The van der Waals surface area contributed by atoms with E-state index in [2.05, 4.69) is 4.90 Å². The lowest BCUT2D eigenvalue weighted by molar-refractivity contribution is -0.0171. The molecule has 0 aliphatic carbocycles. The van der Waals surface area contributed by atoms with Crippen LogP contribution in [0.1, 0.15) is 12.8 Å². The van der Waals surface area contributed by atoms with Gasteiger partial charge in [-0.3, -0.25) is 4.90 Å². The highest BCUT2D eigenvalue weighted by Crippen LogP contribution is 2.23. The average Bonchev–Trinajstić information content (AvgIpc) is 2.37. The summed E-state index contributed by atoms with van der Waals surface area (Å²) >= 11 is 5.94. The van der Waals surface area contributed by atoms with Crippen LogP contribution in [-0.4, -0.2) is 43.9 Å². The maximum absolute atomic E-state index is 5.94. The molecule has 2 fully saturated rings. The lowest BCUT2D eigenvalue weighted by Crippen LogP contribution is -2.55. The molecule has 2 aliphatic rings. The van der Waals surface area contributed by atoms with Crippen LogP contribution in [0.2, 0.25) is 5.02 Å². The second-order valence-corrected chi connectivity index (χ2v) is 5.94. The number of rotatable bonds is 4. The number of hydrogen-bond acceptors (Lipinski definition) is 3. The minimum atomic E-state index is 0.308. The molecule has 2 heterocycles. The molecule has 0 unspecified atom stereocenters. The summed E-state index contributed by atoms with van der Waals surface area (Å²) in [4.78, 5) is 2.45. The van der Waals surface area contributed by atoms with Crippen LogP contribution in [0.4, 0.5) is 0 Å². The molecule has 0 saturated carbocycles. The number of hydrogen-bond donors (Lipinski definition) is 0. The molecule has 1 atom stereocenters. The van der Waals surface area contributed by atoms with E-state index in [1.165, 1.54) is 12.8 Å². The first-order chi connectivity index (χ1) is 9.29. The Labute approximate surface area is 119 Å². The Morgan fingerprint density at radius 3 is 3.00 bits per heavy atom. The van der Waals surface area contributed by atoms with E-state index in [0.29, 0.717) is 12.0 Å². The van der Waals surface area contributed by atoms with Gasteiger partial charge in [-0.2, -0.15) is 0 Å². The molecule has 0 spiro atoms. The molecule has 1 aromatic carbocycles. The first-order valence-electron chi connectivity index (χ1n) is 7.02. The van der Waals surface area contributed by atoms with Gasteiger partial charge in [-0.15, -0.1) is 0 Å². The van der Waals surface area contributed by atoms with Crippen molar-refractivity contribution in [1.29, 1.82) is 0 Å². The van der Waals surface area contributed by atoms with Crippen molar-refractivity contribution in [3.63, 3.8) is 0 Å². The minimum Gasteiger partial charge on any atom is -0.488 e. The largest absolute Gasteiger partial charge is 0.488 e. The standard InChI is InChI=1S/C15H20ClNO2/c16-13-4-1-5-14(7-13)19-15-9-17(10-15)8-12-3-2-6-18-11-12/h1,4-5,7,12,15H,2-3,6,8-11H2/t12-/m1/s1. The summed E-state index contributed by atoms with van der Waals surface area (Å²) in [6.45, 7) is 5.05. The van der Waals surface area contributed by atoms with E-state index in [9.17, 15) is 0 Å². The number of benzene rings is 1. The number of halogens is 1. The summed E-state index contributed by atoms with van der Waals surface area (Å²) in [7, 11) is 0. The summed E-state index contributed by atoms with van der Waals surface area (Å²) in [5.74, 6) is 1.58. The molecule has 104 valence electrons. The Balaban J connectivity index is 1.40.